The number of ether oxygens (including phenoxy) is 1. The Morgan fingerprint density at radius 3 is 2.65 bits per heavy atom. The molecule has 7 heteroatoms. The van der Waals surface area contributed by atoms with Gasteiger partial charge in [0.2, 0.25) is 0 Å². The van der Waals surface area contributed by atoms with Crippen LogP contribution in [0.1, 0.15) is 18.5 Å². The number of hydrogen-bond acceptors (Lipinski definition) is 4. The van der Waals surface area contributed by atoms with Gasteiger partial charge >= 0.3 is 11.8 Å². The number of rotatable bonds is 2. The lowest BCUT2D eigenvalue weighted by Gasteiger charge is -2.26. The molecule has 0 aliphatic carbocycles. The monoisotopic (exact) mass is 317 g/mol. The van der Waals surface area contributed by atoms with Gasteiger partial charge in [-0.15, -0.1) is 0 Å². The van der Waals surface area contributed by atoms with Gasteiger partial charge in [0.25, 0.3) is 5.91 Å². The minimum atomic E-state index is -0.802. The number of benzene rings is 1. The van der Waals surface area contributed by atoms with Crippen LogP contribution in [0, 0.1) is 0 Å². The number of morpholine rings is 1. The van der Waals surface area contributed by atoms with E-state index in [1.807, 2.05) is 25.1 Å². The zero-order valence-electron chi connectivity index (χ0n) is 12.9. The number of likely N-dealkylation sites (N-methyl/N-ethyl adjacent to an activating group) is 1. The Morgan fingerprint density at radius 2 is 1.96 bits per heavy atom. The Balaban J connectivity index is 1.75. The third-order valence-corrected chi connectivity index (χ3v) is 4.14. The minimum Gasteiger partial charge on any atom is -0.378 e. The number of nitrogens with one attached hydrogen (secondary N) is 1. The van der Waals surface area contributed by atoms with Crippen molar-refractivity contribution in [3.63, 3.8) is 0 Å². The van der Waals surface area contributed by atoms with Crippen LogP contribution in [0.5, 0.6) is 0 Å². The molecule has 0 spiro atoms. The summed E-state index contributed by atoms with van der Waals surface area (Å²) in [7, 11) is 0. The van der Waals surface area contributed by atoms with Gasteiger partial charge in [0.05, 0.1) is 13.2 Å². The largest absolute Gasteiger partial charge is 0.378 e. The molecule has 2 heterocycles. The molecular formula is C16H19N3O4. The van der Waals surface area contributed by atoms with Gasteiger partial charge in [-0.2, -0.15) is 0 Å². The van der Waals surface area contributed by atoms with Gasteiger partial charge in [0.15, 0.2) is 0 Å². The fourth-order valence-electron chi connectivity index (χ4n) is 2.95. The van der Waals surface area contributed by atoms with Gasteiger partial charge in [-0.3, -0.25) is 14.4 Å². The van der Waals surface area contributed by atoms with E-state index in [0.717, 1.165) is 11.3 Å². The van der Waals surface area contributed by atoms with Crippen molar-refractivity contribution >= 4 is 23.4 Å². The summed E-state index contributed by atoms with van der Waals surface area (Å²) in [4.78, 5) is 40.0. The quantitative estimate of drug-likeness (QED) is 0.783. The van der Waals surface area contributed by atoms with Gasteiger partial charge in [-0.1, -0.05) is 18.2 Å². The topological polar surface area (TPSA) is 79.0 Å². The van der Waals surface area contributed by atoms with Crippen LogP contribution in [0.4, 0.5) is 5.69 Å². The summed E-state index contributed by atoms with van der Waals surface area (Å²) in [6, 6.07) is 6.50. The van der Waals surface area contributed by atoms with Crippen LogP contribution in [-0.4, -0.2) is 55.5 Å². The summed E-state index contributed by atoms with van der Waals surface area (Å²) in [6.07, 6.45) is 0. The third kappa shape index (κ3) is 2.79. The first-order valence-corrected chi connectivity index (χ1v) is 7.71. The SMILES string of the molecule is CCN1C(=O)C(NC(=O)C(=O)N2CCOCC2)c2ccccc21. The van der Waals surface area contributed by atoms with Crippen molar-refractivity contribution in [1.29, 1.82) is 0 Å². The van der Waals surface area contributed by atoms with E-state index < -0.39 is 17.9 Å². The Kier molecular flexibility index (Phi) is 4.29. The van der Waals surface area contributed by atoms with E-state index in [0.29, 0.717) is 32.8 Å². The van der Waals surface area contributed by atoms with E-state index >= 15 is 0 Å². The molecular weight excluding hydrogens is 298 g/mol. The predicted molar refractivity (Wildman–Crippen MR) is 82.8 cm³/mol. The van der Waals surface area contributed by atoms with Crippen molar-refractivity contribution in [2.45, 2.75) is 13.0 Å². The third-order valence-electron chi connectivity index (χ3n) is 4.14. The van der Waals surface area contributed by atoms with Crippen molar-refractivity contribution in [3.8, 4) is 0 Å². The van der Waals surface area contributed by atoms with Crippen LogP contribution in [0.25, 0.3) is 0 Å². The molecule has 1 unspecified atom stereocenters. The highest BCUT2D eigenvalue weighted by molar-refractivity contribution is 6.35. The smallest absolute Gasteiger partial charge is 0.312 e. The number of hydrogen-bond donors (Lipinski definition) is 1. The average Bonchev–Trinajstić information content (AvgIpc) is 2.86. The zero-order chi connectivity index (χ0) is 16.4. The second-order valence-electron chi connectivity index (χ2n) is 5.45. The molecule has 2 aliphatic heterocycles. The number of anilines is 1. The fraction of sp³-hybridized carbons (Fsp3) is 0.438. The summed E-state index contributed by atoms with van der Waals surface area (Å²) in [5.74, 6) is -1.58. The second kappa shape index (κ2) is 6.37. The molecule has 0 bridgehead atoms. The molecule has 1 saturated heterocycles. The summed E-state index contributed by atoms with van der Waals surface area (Å²) in [6.45, 7) is 4.02. The molecule has 3 rings (SSSR count). The first-order chi connectivity index (χ1) is 11.1. The highest BCUT2D eigenvalue weighted by atomic mass is 16.5. The Bertz CT molecular complexity index is 640. The number of carbonyl (C=O) groups is 3. The van der Waals surface area contributed by atoms with Gasteiger partial charge in [0.1, 0.15) is 6.04 Å². The van der Waals surface area contributed by atoms with Crippen molar-refractivity contribution in [2.75, 3.05) is 37.7 Å². The lowest BCUT2D eigenvalue weighted by atomic mass is 10.1. The molecule has 122 valence electrons. The number of nitrogens with zero attached hydrogens (tertiary/aromatic N) is 2. The van der Waals surface area contributed by atoms with E-state index in [1.54, 1.807) is 11.0 Å². The zero-order valence-corrected chi connectivity index (χ0v) is 12.9. The molecule has 2 aliphatic rings. The lowest BCUT2D eigenvalue weighted by molar-refractivity contribution is -0.149. The minimum absolute atomic E-state index is 0.211. The normalized spacial score (nSPS) is 20.4. The molecule has 1 fully saturated rings. The van der Waals surface area contributed by atoms with Crippen LogP contribution in [-0.2, 0) is 19.1 Å². The molecule has 1 aromatic rings. The maximum Gasteiger partial charge on any atom is 0.312 e. The molecule has 0 aromatic heterocycles. The van der Waals surface area contributed by atoms with Gasteiger partial charge in [-0.05, 0) is 13.0 Å². The summed E-state index contributed by atoms with van der Waals surface area (Å²) >= 11 is 0. The molecule has 1 aromatic carbocycles. The van der Waals surface area contributed by atoms with E-state index in [4.69, 9.17) is 4.74 Å². The fourth-order valence-corrected chi connectivity index (χ4v) is 2.95. The van der Waals surface area contributed by atoms with Crippen LogP contribution < -0.4 is 10.2 Å². The van der Waals surface area contributed by atoms with E-state index in [9.17, 15) is 14.4 Å². The van der Waals surface area contributed by atoms with Crippen molar-refractivity contribution in [1.82, 2.24) is 10.2 Å². The highest BCUT2D eigenvalue weighted by Gasteiger charge is 2.38. The highest BCUT2D eigenvalue weighted by Crippen LogP contribution is 2.35. The maximum atomic E-state index is 12.5. The van der Waals surface area contributed by atoms with Crippen LogP contribution in [0.15, 0.2) is 24.3 Å². The number of para-hydroxylation sites is 1. The van der Waals surface area contributed by atoms with Crippen molar-refractivity contribution in [3.05, 3.63) is 29.8 Å². The maximum absolute atomic E-state index is 12.5. The first-order valence-electron chi connectivity index (χ1n) is 7.71. The van der Waals surface area contributed by atoms with Crippen LogP contribution >= 0.6 is 0 Å². The van der Waals surface area contributed by atoms with Crippen LogP contribution in [0.2, 0.25) is 0 Å². The Labute approximate surface area is 134 Å². The summed E-state index contributed by atoms with van der Waals surface area (Å²) in [5, 5.41) is 2.58. The second-order valence-corrected chi connectivity index (χ2v) is 5.45. The molecule has 3 amide bonds. The molecule has 1 atom stereocenters. The molecule has 1 N–H and O–H groups in total. The summed E-state index contributed by atoms with van der Waals surface area (Å²) in [5.41, 5.74) is 1.51. The molecule has 7 nitrogen and oxygen atoms in total. The molecule has 0 radical (unpaired) electrons. The van der Waals surface area contributed by atoms with Crippen LogP contribution in [0.3, 0.4) is 0 Å². The molecule has 23 heavy (non-hydrogen) atoms. The van der Waals surface area contributed by atoms with Crippen molar-refractivity contribution < 1.29 is 19.1 Å². The standard InChI is InChI=1S/C16H19N3O4/c1-2-19-12-6-4-3-5-11(12)13(15(19)21)17-14(20)16(22)18-7-9-23-10-8-18/h3-6,13H,2,7-10H2,1H3,(H,17,20). The summed E-state index contributed by atoms with van der Waals surface area (Å²) < 4.78 is 5.17. The Hall–Kier alpha value is -2.41. The van der Waals surface area contributed by atoms with E-state index in [-0.39, 0.29) is 5.91 Å². The first kappa shape index (κ1) is 15.5. The van der Waals surface area contributed by atoms with E-state index in [1.165, 1.54) is 4.90 Å². The lowest BCUT2D eigenvalue weighted by Crippen LogP contribution is -2.49. The van der Waals surface area contributed by atoms with Gasteiger partial charge < -0.3 is 19.9 Å². The Morgan fingerprint density at radius 1 is 1.26 bits per heavy atom. The average molecular weight is 317 g/mol. The van der Waals surface area contributed by atoms with Crippen molar-refractivity contribution in [2.24, 2.45) is 0 Å². The number of amides is 3. The van der Waals surface area contributed by atoms with Gasteiger partial charge in [-0.25, -0.2) is 0 Å². The number of fused-ring (bicyclic) bond motifs is 1. The van der Waals surface area contributed by atoms with E-state index in [2.05, 4.69) is 5.32 Å². The molecule has 0 saturated carbocycles. The van der Waals surface area contributed by atoms with Gasteiger partial charge in [0, 0.05) is 30.9 Å². The predicted octanol–water partition coefficient (Wildman–Crippen LogP) is 0.0692. The number of carbonyl (C=O) groups excluding carboxylic acids is 3.